The lowest BCUT2D eigenvalue weighted by molar-refractivity contribution is -0.127. The standard InChI is InChI=1S/C20H19N3O4/c1-14(27-17-7-8-18-19(9-17)26-13-25-18)20(24)21-10-15-11-22-23(12-15)16-5-3-2-4-6-16/h2-9,11-12,14H,10,13H2,1H3,(H,21,24). The molecule has 1 N–H and O–H groups in total. The molecule has 1 amide bonds. The summed E-state index contributed by atoms with van der Waals surface area (Å²) in [5.41, 5.74) is 1.87. The van der Waals surface area contributed by atoms with Crippen molar-refractivity contribution in [3.63, 3.8) is 0 Å². The second-order valence-corrected chi connectivity index (χ2v) is 6.12. The minimum Gasteiger partial charge on any atom is -0.481 e. The summed E-state index contributed by atoms with van der Waals surface area (Å²) in [6.07, 6.45) is 2.98. The molecule has 1 aromatic heterocycles. The lowest BCUT2D eigenvalue weighted by atomic mass is 10.3. The monoisotopic (exact) mass is 365 g/mol. The molecule has 0 radical (unpaired) electrons. The summed E-state index contributed by atoms with van der Waals surface area (Å²) in [7, 11) is 0. The Hall–Kier alpha value is -3.48. The van der Waals surface area contributed by atoms with Gasteiger partial charge in [-0.1, -0.05) is 18.2 Å². The van der Waals surface area contributed by atoms with Crippen LogP contribution in [0.4, 0.5) is 0 Å². The summed E-state index contributed by atoms with van der Waals surface area (Å²) in [6.45, 7) is 2.28. The summed E-state index contributed by atoms with van der Waals surface area (Å²) in [6, 6.07) is 15.0. The first-order valence-electron chi connectivity index (χ1n) is 8.62. The van der Waals surface area contributed by atoms with Crippen molar-refractivity contribution in [2.24, 2.45) is 0 Å². The third-order valence-electron chi connectivity index (χ3n) is 4.15. The Morgan fingerprint density at radius 3 is 2.89 bits per heavy atom. The molecule has 1 atom stereocenters. The van der Waals surface area contributed by atoms with E-state index in [1.807, 2.05) is 36.5 Å². The largest absolute Gasteiger partial charge is 0.481 e. The van der Waals surface area contributed by atoms with Gasteiger partial charge in [-0.05, 0) is 31.2 Å². The van der Waals surface area contributed by atoms with Crippen LogP contribution in [0.1, 0.15) is 12.5 Å². The van der Waals surface area contributed by atoms with Crippen LogP contribution in [0.2, 0.25) is 0 Å². The Labute approximate surface area is 156 Å². The van der Waals surface area contributed by atoms with Crippen molar-refractivity contribution in [3.8, 4) is 22.9 Å². The molecule has 4 rings (SSSR count). The summed E-state index contributed by atoms with van der Waals surface area (Å²) >= 11 is 0. The van der Waals surface area contributed by atoms with Gasteiger partial charge in [-0.15, -0.1) is 0 Å². The van der Waals surface area contributed by atoms with Crippen LogP contribution in [0, 0.1) is 0 Å². The molecule has 1 aliphatic rings. The molecule has 27 heavy (non-hydrogen) atoms. The molecule has 2 aromatic carbocycles. The van der Waals surface area contributed by atoms with Gasteiger partial charge in [0, 0.05) is 24.4 Å². The number of para-hydroxylation sites is 1. The minimum atomic E-state index is -0.644. The molecule has 0 bridgehead atoms. The molecule has 1 unspecified atom stereocenters. The van der Waals surface area contributed by atoms with Crippen molar-refractivity contribution >= 4 is 5.91 Å². The molecule has 0 fully saturated rings. The minimum absolute atomic E-state index is 0.200. The van der Waals surface area contributed by atoms with Gasteiger partial charge in [0.1, 0.15) is 5.75 Å². The van der Waals surface area contributed by atoms with Crippen LogP contribution in [-0.2, 0) is 11.3 Å². The summed E-state index contributed by atoms with van der Waals surface area (Å²) in [4.78, 5) is 12.3. The SMILES string of the molecule is CC(Oc1ccc2c(c1)OCO2)C(=O)NCc1cnn(-c2ccccc2)c1. The topological polar surface area (TPSA) is 74.6 Å². The number of nitrogens with zero attached hydrogens (tertiary/aromatic N) is 2. The number of fused-ring (bicyclic) bond motifs is 1. The number of hydrogen-bond donors (Lipinski definition) is 1. The van der Waals surface area contributed by atoms with E-state index in [1.165, 1.54) is 0 Å². The number of benzene rings is 2. The van der Waals surface area contributed by atoms with Gasteiger partial charge in [0.05, 0.1) is 11.9 Å². The Morgan fingerprint density at radius 1 is 1.22 bits per heavy atom. The zero-order valence-corrected chi connectivity index (χ0v) is 14.8. The van der Waals surface area contributed by atoms with Crippen LogP contribution in [0.5, 0.6) is 17.2 Å². The summed E-state index contributed by atoms with van der Waals surface area (Å²) < 4.78 is 18.0. The highest BCUT2D eigenvalue weighted by Gasteiger charge is 2.18. The van der Waals surface area contributed by atoms with Gasteiger partial charge in [-0.2, -0.15) is 5.10 Å². The first kappa shape index (κ1) is 17.0. The lowest BCUT2D eigenvalue weighted by Crippen LogP contribution is -2.35. The van der Waals surface area contributed by atoms with Crippen molar-refractivity contribution in [2.45, 2.75) is 19.6 Å². The van der Waals surface area contributed by atoms with Crippen LogP contribution < -0.4 is 19.5 Å². The lowest BCUT2D eigenvalue weighted by Gasteiger charge is -2.14. The maximum Gasteiger partial charge on any atom is 0.261 e. The molecule has 2 heterocycles. The third kappa shape index (κ3) is 3.87. The number of amides is 1. The predicted molar refractivity (Wildman–Crippen MR) is 98.1 cm³/mol. The van der Waals surface area contributed by atoms with Gasteiger partial charge < -0.3 is 19.5 Å². The predicted octanol–water partition coefficient (Wildman–Crippen LogP) is 2.68. The van der Waals surface area contributed by atoms with Gasteiger partial charge >= 0.3 is 0 Å². The fraction of sp³-hybridized carbons (Fsp3) is 0.200. The first-order valence-corrected chi connectivity index (χ1v) is 8.62. The van der Waals surface area contributed by atoms with Gasteiger partial charge in [0.15, 0.2) is 17.6 Å². The summed E-state index contributed by atoms with van der Waals surface area (Å²) in [5, 5.41) is 7.18. The maximum atomic E-state index is 12.3. The van der Waals surface area contributed by atoms with E-state index in [4.69, 9.17) is 14.2 Å². The molecule has 3 aromatic rings. The van der Waals surface area contributed by atoms with Crippen molar-refractivity contribution in [1.82, 2.24) is 15.1 Å². The van der Waals surface area contributed by atoms with Crippen molar-refractivity contribution < 1.29 is 19.0 Å². The normalized spacial score (nSPS) is 13.2. The third-order valence-corrected chi connectivity index (χ3v) is 4.15. The molecular weight excluding hydrogens is 346 g/mol. The zero-order valence-electron chi connectivity index (χ0n) is 14.8. The zero-order chi connectivity index (χ0) is 18.6. The highest BCUT2D eigenvalue weighted by Crippen LogP contribution is 2.35. The van der Waals surface area contributed by atoms with Crippen LogP contribution in [0.25, 0.3) is 5.69 Å². The van der Waals surface area contributed by atoms with Crippen LogP contribution in [0.3, 0.4) is 0 Å². The van der Waals surface area contributed by atoms with Crippen LogP contribution in [0.15, 0.2) is 60.9 Å². The van der Waals surface area contributed by atoms with E-state index in [0.29, 0.717) is 23.8 Å². The maximum absolute atomic E-state index is 12.3. The number of rotatable bonds is 6. The average Bonchev–Trinajstić information content (AvgIpc) is 3.35. The second-order valence-electron chi connectivity index (χ2n) is 6.12. The molecule has 0 saturated heterocycles. The molecule has 7 nitrogen and oxygen atoms in total. The van der Waals surface area contributed by atoms with E-state index in [9.17, 15) is 4.79 Å². The van der Waals surface area contributed by atoms with E-state index < -0.39 is 6.10 Å². The Balaban J connectivity index is 1.32. The molecule has 0 spiro atoms. The fourth-order valence-corrected chi connectivity index (χ4v) is 2.71. The first-order chi connectivity index (χ1) is 13.2. The fourth-order valence-electron chi connectivity index (χ4n) is 2.71. The molecular formula is C20H19N3O4. The van der Waals surface area contributed by atoms with E-state index in [-0.39, 0.29) is 12.7 Å². The summed E-state index contributed by atoms with van der Waals surface area (Å²) in [5.74, 6) is 1.64. The van der Waals surface area contributed by atoms with Gasteiger partial charge in [-0.25, -0.2) is 4.68 Å². The molecule has 0 aliphatic carbocycles. The van der Waals surface area contributed by atoms with Gasteiger partial charge in [0.2, 0.25) is 6.79 Å². The van der Waals surface area contributed by atoms with Crippen molar-refractivity contribution in [2.75, 3.05) is 6.79 Å². The van der Waals surface area contributed by atoms with E-state index in [2.05, 4.69) is 10.4 Å². The molecule has 7 heteroatoms. The highest BCUT2D eigenvalue weighted by atomic mass is 16.7. The van der Waals surface area contributed by atoms with Gasteiger partial charge in [0.25, 0.3) is 5.91 Å². The van der Waals surface area contributed by atoms with Crippen LogP contribution in [-0.4, -0.2) is 28.6 Å². The van der Waals surface area contributed by atoms with E-state index in [0.717, 1.165) is 11.3 Å². The molecule has 0 saturated carbocycles. The van der Waals surface area contributed by atoms with Gasteiger partial charge in [-0.3, -0.25) is 4.79 Å². The number of aromatic nitrogens is 2. The second kappa shape index (κ2) is 7.41. The quantitative estimate of drug-likeness (QED) is 0.727. The van der Waals surface area contributed by atoms with Crippen LogP contribution >= 0.6 is 0 Å². The number of carbonyl (C=O) groups excluding carboxylic acids is 1. The number of carbonyl (C=O) groups is 1. The number of nitrogens with one attached hydrogen (secondary N) is 1. The van der Waals surface area contributed by atoms with E-state index in [1.54, 1.807) is 36.0 Å². The smallest absolute Gasteiger partial charge is 0.261 e. The highest BCUT2D eigenvalue weighted by molar-refractivity contribution is 5.80. The number of hydrogen-bond acceptors (Lipinski definition) is 5. The van der Waals surface area contributed by atoms with Crippen molar-refractivity contribution in [1.29, 1.82) is 0 Å². The Morgan fingerprint density at radius 2 is 2.04 bits per heavy atom. The molecule has 1 aliphatic heterocycles. The van der Waals surface area contributed by atoms with E-state index >= 15 is 0 Å². The Kier molecular flexibility index (Phi) is 4.65. The van der Waals surface area contributed by atoms with Crippen molar-refractivity contribution in [3.05, 3.63) is 66.5 Å². The average molecular weight is 365 g/mol. The Bertz CT molecular complexity index is 939. The molecule has 138 valence electrons. The number of ether oxygens (including phenoxy) is 3.